The molecular formula is C13H19F2N3. The van der Waals surface area contributed by atoms with Gasteiger partial charge in [0.2, 0.25) is 5.92 Å². The number of hydrogen-bond acceptors (Lipinski definition) is 3. The lowest BCUT2D eigenvalue weighted by molar-refractivity contribution is -0.0540. The topological polar surface area (TPSA) is 51.8 Å². The molecule has 1 unspecified atom stereocenters. The van der Waals surface area contributed by atoms with Gasteiger partial charge in [0.1, 0.15) is 5.82 Å². The van der Waals surface area contributed by atoms with Crippen molar-refractivity contribution in [2.45, 2.75) is 51.0 Å². The molecule has 5 heteroatoms. The molecule has 0 saturated heterocycles. The highest BCUT2D eigenvalue weighted by Crippen LogP contribution is 2.42. The largest absolute Gasteiger partial charge is 0.321 e. The zero-order valence-electron chi connectivity index (χ0n) is 10.8. The van der Waals surface area contributed by atoms with Gasteiger partial charge in [0.25, 0.3) is 0 Å². The highest BCUT2D eigenvalue weighted by atomic mass is 19.3. The Morgan fingerprint density at radius 1 is 1.28 bits per heavy atom. The molecule has 18 heavy (non-hydrogen) atoms. The molecule has 1 aromatic rings. The van der Waals surface area contributed by atoms with Crippen LogP contribution in [0.25, 0.3) is 0 Å². The van der Waals surface area contributed by atoms with Crippen molar-refractivity contribution in [1.82, 2.24) is 9.97 Å². The SMILES string of the molecule is Cc1ncc(C(C)(N)C2CCC(F)(F)CC2)cn1. The second kappa shape index (κ2) is 4.53. The van der Waals surface area contributed by atoms with Crippen molar-refractivity contribution in [1.29, 1.82) is 0 Å². The summed E-state index contributed by atoms with van der Waals surface area (Å²) in [5, 5.41) is 0. The molecule has 3 nitrogen and oxygen atoms in total. The minimum atomic E-state index is -2.52. The molecule has 0 amide bonds. The molecule has 0 radical (unpaired) electrons. The monoisotopic (exact) mass is 255 g/mol. The lowest BCUT2D eigenvalue weighted by atomic mass is 9.72. The number of halogens is 2. The van der Waals surface area contributed by atoms with E-state index in [0.29, 0.717) is 18.7 Å². The number of nitrogens with zero attached hydrogens (tertiary/aromatic N) is 2. The molecule has 2 rings (SSSR count). The maximum absolute atomic E-state index is 13.2. The Hall–Kier alpha value is -1.10. The fourth-order valence-electron chi connectivity index (χ4n) is 2.55. The van der Waals surface area contributed by atoms with E-state index in [0.717, 1.165) is 5.56 Å². The van der Waals surface area contributed by atoms with E-state index in [1.165, 1.54) is 0 Å². The molecule has 2 N–H and O–H groups in total. The molecule has 0 aromatic carbocycles. The third kappa shape index (κ3) is 2.66. The maximum Gasteiger partial charge on any atom is 0.248 e. The maximum atomic E-state index is 13.2. The molecule has 1 heterocycles. The number of aryl methyl sites for hydroxylation is 1. The average molecular weight is 255 g/mol. The van der Waals surface area contributed by atoms with Crippen LogP contribution in [0.4, 0.5) is 8.78 Å². The predicted molar refractivity (Wildman–Crippen MR) is 65.2 cm³/mol. The minimum absolute atomic E-state index is 0.0587. The first kappa shape index (κ1) is 13.3. The van der Waals surface area contributed by atoms with E-state index in [2.05, 4.69) is 9.97 Å². The Labute approximate surface area is 106 Å². The third-order valence-electron chi connectivity index (χ3n) is 3.97. The van der Waals surface area contributed by atoms with Crippen LogP contribution in [-0.4, -0.2) is 15.9 Å². The van der Waals surface area contributed by atoms with Crippen LogP contribution in [0.2, 0.25) is 0 Å². The van der Waals surface area contributed by atoms with Crippen LogP contribution in [0.15, 0.2) is 12.4 Å². The fourth-order valence-corrected chi connectivity index (χ4v) is 2.55. The molecule has 1 aromatic heterocycles. The van der Waals surface area contributed by atoms with Gasteiger partial charge in [-0.1, -0.05) is 0 Å². The summed E-state index contributed by atoms with van der Waals surface area (Å²) in [7, 11) is 0. The van der Waals surface area contributed by atoms with Crippen LogP contribution in [-0.2, 0) is 5.54 Å². The molecule has 1 fully saturated rings. The summed E-state index contributed by atoms with van der Waals surface area (Å²) >= 11 is 0. The van der Waals surface area contributed by atoms with Crippen LogP contribution in [0, 0.1) is 12.8 Å². The lowest BCUT2D eigenvalue weighted by Gasteiger charge is -2.39. The zero-order valence-corrected chi connectivity index (χ0v) is 10.8. The van der Waals surface area contributed by atoms with E-state index in [1.54, 1.807) is 19.3 Å². The van der Waals surface area contributed by atoms with Crippen molar-refractivity contribution in [3.63, 3.8) is 0 Å². The molecule has 0 spiro atoms. The number of alkyl halides is 2. The molecule has 0 aliphatic heterocycles. The Morgan fingerprint density at radius 2 is 1.78 bits per heavy atom. The predicted octanol–water partition coefficient (Wildman–Crippen LogP) is 2.78. The van der Waals surface area contributed by atoms with Crippen molar-refractivity contribution in [2.75, 3.05) is 0 Å². The Balaban J connectivity index is 2.14. The van der Waals surface area contributed by atoms with Gasteiger partial charge in [0.05, 0.1) is 0 Å². The van der Waals surface area contributed by atoms with Crippen molar-refractivity contribution in [3.8, 4) is 0 Å². The quantitative estimate of drug-likeness (QED) is 0.884. The summed E-state index contributed by atoms with van der Waals surface area (Å²) in [4.78, 5) is 8.26. The molecule has 1 atom stereocenters. The van der Waals surface area contributed by atoms with Gasteiger partial charge >= 0.3 is 0 Å². The van der Waals surface area contributed by atoms with Crippen molar-refractivity contribution in [3.05, 3.63) is 23.8 Å². The second-order valence-corrected chi connectivity index (χ2v) is 5.43. The standard InChI is InChI=1S/C13H19F2N3/c1-9-17-7-11(8-18-9)12(2,16)10-3-5-13(14,15)6-4-10/h7-8,10H,3-6,16H2,1-2H3. The first-order chi connectivity index (χ1) is 8.31. The lowest BCUT2D eigenvalue weighted by Crippen LogP contribution is -2.44. The van der Waals surface area contributed by atoms with Gasteiger partial charge < -0.3 is 5.73 Å². The van der Waals surface area contributed by atoms with Crippen LogP contribution in [0.1, 0.15) is 44.0 Å². The van der Waals surface area contributed by atoms with Crippen LogP contribution in [0.5, 0.6) is 0 Å². The van der Waals surface area contributed by atoms with Gasteiger partial charge in [-0.2, -0.15) is 0 Å². The normalized spacial score (nSPS) is 23.6. The summed E-state index contributed by atoms with van der Waals surface area (Å²) in [5.41, 5.74) is 6.51. The van der Waals surface area contributed by atoms with Crippen LogP contribution in [0.3, 0.4) is 0 Å². The van der Waals surface area contributed by atoms with Gasteiger partial charge in [0.15, 0.2) is 0 Å². The van der Waals surface area contributed by atoms with Crippen molar-refractivity contribution < 1.29 is 8.78 Å². The third-order valence-corrected chi connectivity index (χ3v) is 3.97. The number of rotatable bonds is 2. The summed E-state index contributed by atoms with van der Waals surface area (Å²) in [6.45, 7) is 3.69. The fraction of sp³-hybridized carbons (Fsp3) is 0.692. The van der Waals surface area contributed by atoms with Gasteiger partial charge in [0, 0.05) is 36.3 Å². The van der Waals surface area contributed by atoms with E-state index >= 15 is 0 Å². The smallest absolute Gasteiger partial charge is 0.248 e. The van der Waals surface area contributed by atoms with E-state index in [1.807, 2.05) is 6.92 Å². The Morgan fingerprint density at radius 3 is 2.28 bits per heavy atom. The Kier molecular flexibility index (Phi) is 3.36. The molecule has 1 saturated carbocycles. The number of nitrogens with two attached hydrogens (primary N) is 1. The highest BCUT2D eigenvalue weighted by molar-refractivity contribution is 5.18. The summed E-state index contributed by atoms with van der Waals surface area (Å²) in [6, 6.07) is 0. The van der Waals surface area contributed by atoms with Crippen molar-refractivity contribution >= 4 is 0 Å². The zero-order chi connectivity index (χ0) is 13.4. The summed E-state index contributed by atoms with van der Waals surface area (Å²) in [5.74, 6) is -1.77. The van der Waals surface area contributed by atoms with Crippen LogP contribution >= 0.6 is 0 Å². The van der Waals surface area contributed by atoms with Gasteiger partial charge in [-0.05, 0) is 32.6 Å². The van der Waals surface area contributed by atoms with E-state index in [4.69, 9.17) is 5.73 Å². The average Bonchev–Trinajstić information content (AvgIpc) is 2.29. The first-order valence-electron chi connectivity index (χ1n) is 6.27. The first-order valence-corrected chi connectivity index (χ1v) is 6.27. The Bertz CT molecular complexity index is 405. The molecule has 1 aliphatic carbocycles. The number of aromatic nitrogens is 2. The van der Waals surface area contributed by atoms with Gasteiger partial charge in [-0.25, -0.2) is 18.7 Å². The van der Waals surface area contributed by atoms with Gasteiger partial charge in [-0.3, -0.25) is 0 Å². The molecule has 1 aliphatic rings. The summed E-state index contributed by atoms with van der Waals surface area (Å²) < 4.78 is 26.3. The summed E-state index contributed by atoms with van der Waals surface area (Å²) in [6.07, 6.45) is 4.17. The van der Waals surface area contributed by atoms with Crippen molar-refractivity contribution in [2.24, 2.45) is 11.7 Å². The molecule has 0 bridgehead atoms. The second-order valence-electron chi connectivity index (χ2n) is 5.43. The highest BCUT2D eigenvalue weighted by Gasteiger charge is 2.41. The molecular weight excluding hydrogens is 236 g/mol. The van der Waals surface area contributed by atoms with Gasteiger partial charge in [-0.15, -0.1) is 0 Å². The number of hydrogen-bond donors (Lipinski definition) is 1. The van der Waals surface area contributed by atoms with E-state index in [-0.39, 0.29) is 18.8 Å². The van der Waals surface area contributed by atoms with E-state index in [9.17, 15) is 8.78 Å². The minimum Gasteiger partial charge on any atom is -0.321 e. The van der Waals surface area contributed by atoms with Crippen LogP contribution < -0.4 is 5.73 Å². The molecule has 100 valence electrons. The van der Waals surface area contributed by atoms with E-state index < -0.39 is 11.5 Å².